The van der Waals surface area contributed by atoms with Gasteiger partial charge in [-0.25, -0.2) is 4.98 Å². The molecule has 0 bridgehead atoms. The molecular formula is C15H15F3N2O3. The van der Waals surface area contributed by atoms with E-state index in [9.17, 15) is 18.0 Å². The fourth-order valence-electron chi connectivity index (χ4n) is 1.90. The van der Waals surface area contributed by atoms with Crippen LogP contribution in [0.5, 0.6) is 5.88 Å². The van der Waals surface area contributed by atoms with E-state index < -0.39 is 18.7 Å². The van der Waals surface area contributed by atoms with E-state index in [4.69, 9.17) is 4.42 Å². The third-order valence-electron chi connectivity index (χ3n) is 2.91. The number of carbonyl (C=O) groups excluding carboxylic acids is 1. The Hall–Kier alpha value is -2.51. The number of aryl methyl sites for hydroxylation is 1. The van der Waals surface area contributed by atoms with Gasteiger partial charge in [0.25, 0.3) is 5.91 Å². The molecular weight excluding hydrogens is 313 g/mol. The van der Waals surface area contributed by atoms with Crippen LogP contribution < -0.4 is 4.74 Å². The number of furan rings is 1. The first-order chi connectivity index (χ1) is 10.8. The van der Waals surface area contributed by atoms with Gasteiger partial charge in [-0.15, -0.1) is 0 Å². The summed E-state index contributed by atoms with van der Waals surface area (Å²) in [7, 11) is 1.51. The normalized spacial score (nSPS) is 11.3. The second-order valence-electron chi connectivity index (χ2n) is 4.93. The minimum Gasteiger partial charge on any atom is -0.467 e. The molecule has 0 aliphatic carbocycles. The van der Waals surface area contributed by atoms with Gasteiger partial charge in [0.15, 0.2) is 6.61 Å². The van der Waals surface area contributed by atoms with Gasteiger partial charge in [0.2, 0.25) is 5.88 Å². The van der Waals surface area contributed by atoms with Crippen LogP contribution in [0.4, 0.5) is 13.2 Å². The van der Waals surface area contributed by atoms with Crippen LogP contribution in [0.1, 0.15) is 21.9 Å². The highest BCUT2D eigenvalue weighted by atomic mass is 19.4. The van der Waals surface area contributed by atoms with Crippen molar-refractivity contribution in [2.45, 2.75) is 19.6 Å². The Balaban J connectivity index is 2.12. The summed E-state index contributed by atoms with van der Waals surface area (Å²) in [6.07, 6.45) is -3.24. The van der Waals surface area contributed by atoms with E-state index >= 15 is 0 Å². The molecule has 0 spiro atoms. The Bertz CT molecular complexity index is 683. The molecule has 0 saturated carbocycles. The van der Waals surface area contributed by atoms with E-state index in [-0.39, 0.29) is 18.0 Å². The zero-order valence-corrected chi connectivity index (χ0v) is 12.6. The summed E-state index contributed by atoms with van der Waals surface area (Å²) in [5, 5.41) is 0. The largest absolute Gasteiger partial charge is 0.467 e. The van der Waals surface area contributed by atoms with Gasteiger partial charge in [0.05, 0.1) is 6.54 Å². The highest BCUT2D eigenvalue weighted by Crippen LogP contribution is 2.21. The van der Waals surface area contributed by atoms with Crippen LogP contribution in [0.3, 0.4) is 0 Å². The number of carbonyl (C=O) groups is 1. The number of aromatic nitrogens is 1. The van der Waals surface area contributed by atoms with E-state index in [1.54, 1.807) is 19.1 Å². The van der Waals surface area contributed by atoms with Crippen LogP contribution in [-0.2, 0) is 6.54 Å². The molecule has 2 aromatic heterocycles. The van der Waals surface area contributed by atoms with Crippen LogP contribution in [-0.4, -0.2) is 35.6 Å². The molecule has 124 valence electrons. The summed E-state index contributed by atoms with van der Waals surface area (Å²) in [6, 6.07) is 6.31. The Morgan fingerprint density at radius 1 is 1.35 bits per heavy atom. The molecule has 0 atom stereocenters. The molecule has 0 aliphatic heterocycles. The predicted octanol–water partition coefficient (Wildman–Crippen LogP) is 3.20. The third-order valence-corrected chi connectivity index (χ3v) is 2.91. The first-order valence-electron chi connectivity index (χ1n) is 6.71. The van der Waals surface area contributed by atoms with E-state index in [1.807, 2.05) is 0 Å². The van der Waals surface area contributed by atoms with Crippen molar-refractivity contribution in [2.24, 2.45) is 0 Å². The lowest BCUT2D eigenvalue weighted by Gasteiger charge is -2.17. The summed E-state index contributed by atoms with van der Waals surface area (Å²) in [5.41, 5.74) is -0.0393. The zero-order valence-electron chi connectivity index (χ0n) is 12.6. The van der Waals surface area contributed by atoms with Crippen molar-refractivity contribution in [2.75, 3.05) is 13.7 Å². The lowest BCUT2D eigenvalue weighted by molar-refractivity contribution is -0.154. The third kappa shape index (κ3) is 4.73. The van der Waals surface area contributed by atoms with Gasteiger partial charge in [-0.1, -0.05) is 0 Å². The number of ether oxygens (including phenoxy) is 1. The lowest BCUT2D eigenvalue weighted by Crippen LogP contribution is -2.27. The SMILES string of the molecule is Cc1ccc(CN(C)C(=O)c2cccnc2OCC(F)(F)F)o1. The van der Waals surface area contributed by atoms with Crippen molar-refractivity contribution in [3.63, 3.8) is 0 Å². The fourth-order valence-corrected chi connectivity index (χ4v) is 1.90. The van der Waals surface area contributed by atoms with Gasteiger partial charge >= 0.3 is 6.18 Å². The van der Waals surface area contributed by atoms with E-state index in [0.29, 0.717) is 11.5 Å². The van der Waals surface area contributed by atoms with Crippen molar-refractivity contribution in [3.05, 3.63) is 47.5 Å². The van der Waals surface area contributed by atoms with Crippen LogP contribution in [0.2, 0.25) is 0 Å². The zero-order chi connectivity index (χ0) is 17.0. The smallest absolute Gasteiger partial charge is 0.422 e. The highest BCUT2D eigenvalue weighted by Gasteiger charge is 2.30. The molecule has 0 aliphatic rings. The second-order valence-corrected chi connectivity index (χ2v) is 4.93. The fraction of sp³-hybridized carbons (Fsp3) is 0.333. The lowest BCUT2D eigenvalue weighted by atomic mass is 10.2. The minimum atomic E-state index is -4.50. The number of halogens is 3. The first-order valence-corrected chi connectivity index (χ1v) is 6.71. The van der Waals surface area contributed by atoms with Crippen molar-refractivity contribution < 1.29 is 27.1 Å². The molecule has 5 nitrogen and oxygen atoms in total. The van der Waals surface area contributed by atoms with Crippen LogP contribution in [0, 0.1) is 6.92 Å². The minimum absolute atomic E-state index is 0.0393. The van der Waals surface area contributed by atoms with Gasteiger partial charge in [-0.2, -0.15) is 13.2 Å². The van der Waals surface area contributed by atoms with E-state index in [1.165, 1.54) is 30.3 Å². The Kier molecular flexibility index (Phi) is 4.92. The summed E-state index contributed by atoms with van der Waals surface area (Å²) >= 11 is 0. The molecule has 0 unspecified atom stereocenters. The quantitative estimate of drug-likeness (QED) is 0.846. The molecule has 8 heteroatoms. The van der Waals surface area contributed by atoms with E-state index in [2.05, 4.69) is 9.72 Å². The standard InChI is InChI=1S/C15H15F3N2O3/c1-10-5-6-11(23-10)8-20(2)14(21)12-4-3-7-19-13(12)22-9-15(16,17)18/h3-7H,8-9H2,1-2H3. The van der Waals surface area contributed by atoms with Gasteiger partial charge in [-0.05, 0) is 31.2 Å². The summed E-state index contributed by atoms with van der Waals surface area (Å²) in [5.74, 6) is 0.415. The summed E-state index contributed by atoms with van der Waals surface area (Å²) in [6.45, 7) is 0.446. The van der Waals surface area contributed by atoms with Crippen molar-refractivity contribution in [1.82, 2.24) is 9.88 Å². The number of pyridine rings is 1. The molecule has 23 heavy (non-hydrogen) atoms. The van der Waals surface area contributed by atoms with Gasteiger partial charge < -0.3 is 14.1 Å². The maximum Gasteiger partial charge on any atom is 0.422 e. The number of hydrogen-bond acceptors (Lipinski definition) is 4. The van der Waals surface area contributed by atoms with Gasteiger partial charge in [-0.3, -0.25) is 4.79 Å². The maximum atomic E-state index is 12.4. The number of hydrogen-bond donors (Lipinski definition) is 0. The summed E-state index contributed by atoms with van der Waals surface area (Å²) < 4.78 is 46.8. The number of alkyl halides is 3. The van der Waals surface area contributed by atoms with Crippen molar-refractivity contribution >= 4 is 5.91 Å². The van der Waals surface area contributed by atoms with Crippen molar-refractivity contribution in [1.29, 1.82) is 0 Å². The topological polar surface area (TPSA) is 55.6 Å². The molecule has 0 aromatic carbocycles. The molecule has 0 saturated heterocycles. The molecule has 0 N–H and O–H groups in total. The second kappa shape index (κ2) is 6.72. The number of rotatable bonds is 5. The monoisotopic (exact) mass is 328 g/mol. The Morgan fingerprint density at radius 2 is 2.09 bits per heavy atom. The number of nitrogens with zero attached hydrogens (tertiary/aromatic N) is 2. The first kappa shape index (κ1) is 16.9. The maximum absolute atomic E-state index is 12.4. The molecule has 2 aromatic rings. The Morgan fingerprint density at radius 3 is 2.70 bits per heavy atom. The number of amides is 1. The van der Waals surface area contributed by atoms with Crippen LogP contribution >= 0.6 is 0 Å². The molecule has 2 heterocycles. The van der Waals surface area contributed by atoms with Crippen molar-refractivity contribution in [3.8, 4) is 5.88 Å². The van der Waals surface area contributed by atoms with Crippen LogP contribution in [0.25, 0.3) is 0 Å². The average molecular weight is 328 g/mol. The van der Waals surface area contributed by atoms with Gasteiger partial charge in [0, 0.05) is 13.2 Å². The Labute approximate surface area is 130 Å². The molecule has 2 rings (SSSR count). The molecule has 0 radical (unpaired) electrons. The molecule has 0 fully saturated rings. The molecule has 1 amide bonds. The van der Waals surface area contributed by atoms with Gasteiger partial charge in [0.1, 0.15) is 17.1 Å². The average Bonchev–Trinajstić information content (AvgIpc) is 2.89. The highest BCUT2D eigenvalue weighted by molar-refractivity contribution is 5.96. The predicted molar refractivity (Wildman–Crippen MR) is 75.0 cm³/mol. The summed E-state index contributed by atoms with van der Waals surface area (Å²) in [4.78, 5) is 17.4. The van der Waals surface area contributed by atoms with Crippen LogP contribution in [0.15, 0.2) is 34.9 Å². The van der Waals surface area contributed by atoms with E-state index in [0.717, 1.165) is 0 Å².